The lowest BCUT2D eigenvalue weighted by Crippen LogP contribution is -2.15. The first-order chi connectivity index (χ1) is 10.1. The Hall–Kier alpha value is -1.96. The summed E-state index contributed by atoms with van der Waals surface area (Å²) in [4.78, 5) is 23.1. The first kappa shape index (κ1) is 17.1. The van der Waals surface area contributed by atoms with E-state index >= 15 is 0 Å². The van der Waals surface area contributed by atoms with Crippen molar-refractivity contribution in [3.05, 3.63) is 11.4 Å². The molecular weight excluding hydrogens is 278 g/mol. The van der Waals surface area contributed by atoms with Crippen LogP contribution in [-0.2, 0) is 27.2 Å². The molecule has 0 aromatic carbocycles. The molecule has 0 bridgehead atoms. The number of carbonyl (C=O) groups is 2. The number of aliphatic hydroxyl groups is 1. The molecule has 0 atom stereocenters. The SMILES string of the molecule is COC(=O)Cc1c(C(=O)OC)nnn1CCCCCCO. The van der Waals surface area contributed by atoms with Gasteiger partial charge in [-0.3, -0.25) is 4.79 Å². The normalized spacial score (nSPS) is 10.4. The van der Waals surface area contributed by atoms with Crippen LogP contribution in [0.3, 0.4) is 0 Å². The van der Waals surface area contributed by atoms with E-state index in [1.807, 2.05) is 0 Å². The Morgan fingerprint density at radius 1 is 1.14 bits per heavy atom. The summed E-state index contributed by atoms with van der Waals surface area (Å²) >= 11 is 0. The third kappa shape index (κ3) is 5.14. The van der Waals surface area contributed by atoms with Crippen molar-refractivity contribution in [1.29, 1.82) is 0 Å². The molecule has 0 spiro atoms. The van der Waals surface area contributed by atoms with E-state index in [2.05, 4.69) is 19.8 Å². The first-order valence-corrected chi connectivity index (χ1v) is 6.82. The van der Waals surface area contributed by atoms with Crippen LogP contribution in [0.4, 0.5) is 0 Å². The Morgan fingerprint density at radius 3 is 2.48 bits per heavy atom. The van der Waals surface area contributed by atoms with Crippen molar-refractivity contribution in [1.82, 2.24) is 15.0 Å². The molecule has 0 aliphatic carbocycles. The molecular formula is C13H21N3O5. The molecule has 1 heterocycles. The number of hydrogen-bond acceptors (Lipinski definition) is 7. The number of rotatable bonds is 9. The van der Waals surface area contributed by atoms with Gasteiger partial charge in [-0.05, 0) is 12.8 Å². The highest BCUT2D eigenvalue weighted by atomic mass is 16.5. The average molecular weight is 299 g/mol. The van der Waals surface area contributed by atoms with Crippen LogP contribution in [0.1, 0.15) is 41.9 Å². The van der Waals surface area contributed by atoms with Gasteiger partial charge in [-0.15, -0.1) is 5.10 Å². The maximum absolute atomic E-state index is 11.6. The number of ether oxygens (including phenoxy) is 2. The standard InChI is InChI=1S/C13H21N3O5/c1-20-11(18)9-10-12(13(19)21-2)14-15-16(10)7-5-3-4-6-8-17/h17H,3-9H2,1-2H3. The van der Waals surface area contributed by atoms with Crippen LogP contribution < -0.4 is 0 Å². The zero-order valence-electron chi connectivity index (χ0n) is 12.4. The number of methoxy groups -OCH3 is 2. The molecule has 0 radical (unpaired) electrons. The predicted molar refractivity (Wildman–Crippen MR) is 72.6 cm³/mol. The van der Waals surface area contributed by atoms with Gasteiger partial charge in [0.25, 0.3) is 0 Å². The summed E-state index contributed by atoms with van der Waals surface area (Å²) in [6.45, 7) is 0.727. The molecule has 21 heavy (non-hydrogen) atoms. The van der Waals surface area contributed by atoms with E-state index in [4.69, 9.17) is 5.11 Å². The second-order valence-corrected chi connectivity index (χ2v) is 4.49. The van der Waals surface area contributed by atoms with E-state index in [9.17, 15) is 9.59 Å². The Bertz CT molecular complexity index is 472. The fourth-order valence-corrected chi connectivity index (χ4v) is 1.88. The number of nitrogens with zero attached hydrogens (tertiary/aromatic N) is 3. The highest BCUT2D eigenvalue weighted by Gasteiger charge is 2.22. The lowest BCUT2D eigenvalue weighted by Gasteiger charge is -2.06. The van der Waals surface area contributed by atoms with E-state index in [-0.39, 0.29) is 18.7 Å². The van der Waals surface area contributed by atoms with Gasteiger partial charge in [0.15, 0.2) is 5.69 Å². The van der Waals surface area contributed by atoms with E-state index in [1.165, 1.54) is 18.9 Å². The van der Waals surface area contributed by atoms with Gasteiger partial charge < -0.3 is 14.6 Å². The Balaban J connectivity index is 2.75. The summed E-state index contributed by atoms with van der Waals surface area (Å²) in [5.74, 6) is -1.09. The molecule has 1 aromatic heterocycles. The van der Waals surface area contributed by atoms with Gasteiger partial charge in [0, 0.05) is 13.2 Å². The van der Waals surface area contributed by atoms with Crippen LogP contribution in [0.2, 0.25) is 0 Å². The van der Waals surface area contributed by atoms with E-state index in [0.717, 1.165) is 25.7 Å². The molecule has 0 aliphatic heterocycles. The molecule has 0 saturated heterocycles. The third-order valence-corrected chi connectivity index (χ3v) is 3.03. The largest absolute Gasteiger partial charge is 0.469 e. The molecule has 118 valence electrons. The van der Waals surface area contributed by atoms with Gasteiger partial charge >= 0.3 is 11.9 Å². The van der Waals surface area contributed by atoms with Crippen molar-refractivity contribution in [2.24, 2.45) is 0 Å². The van der Waals surface area contributed by atoms with Gasteiger partial charge in [0.1, 0.15) is 0 Å². The van der Waals surface area contributed by atoms with E-state index in [1.54, 1.807) is 0 Å². The lowest BCUT2D eigenvalue weighted by atomic mass is 10.2. The molecule has 0 amide bonds. The zero-order chi connectivity index (χ0) is 15.7. The fourth-order valence-electron chi connectivity index (χ4n) is 1.88. The fraction of sp³-hybridized carbons (Fsp3) is 0.692. The van der Waals surface area contributed by atoms with Crippen LogP contribution >= 0.6 is 0 Å². The second kappa shape index (κ2) is 9.06. The topological polar surface area (TPSA) is 104 Å². The summed E-state index contributed by atoms with van der Waals surface area (Å²) in [6, 6.07) is 0. The maximum Gasteiger partial charge on any atom is 0.360 e. The number of unbranched alkanes of at least 4 members (excludes halogenated alkanes) is 3. The molecule has 1 rings (SSSR count). The molecule has 8 heteroatoms. The van der Waals surface area contributed by atoms with E-state index < -0.39 is 11.9 Å². The van der Waals surface area contributed by atoms with Crippen LogP contribution in [0, 0.1) is 0 Å². The molecule has 0 aliphatic rings. The molecule has 1 N–H and O–H groups in total. The Morgan fingerprint density at radius 2 is 1.86 bits per heavy atom. The number of aryl methyl sites for hydroxylation is 1. The Kier molecular flexibility index (Phi) is 7.38. The summed E-state index contributed by atoms with van der Waals surface area (Å²) in [5.41, 5.74) is 0.439. The van der Waals surface area contributed by atoms with Crippen molar-refractivity contribution in [3.63, 3.8) is 0 Å². The zero-order valence-corrected chi connectivity index (χ0v) is 12.4. The van der Waals surface area contributed by atoms with Gasteiger partial charge in [0.05, 0.1) is 26.3 Å². The van der Waals surface area contributed by atoms with Crippen LogP contribution in [0.5, 0.6) is 0 Å². The molecule has 0 fully saturated rings. The Labute approximate surface area is 123 Å². The van der Waals surface area contributed by atoms with Crippen molar-refractivity contribution in [3.8, 4) is 0 Å². The molecule has 8 nitrogen and oxygen atoms in total. The minimum absolute atomic E-state index is 0.0401. The van der Waals surface area contributed by atoms with E-state index in [0.29, 0.717) is 12.2 Å². The summed E-state index contributed by atoms with van der Waals surface area (Å²) < 4.78 is 10.8. The van der Waals surface area contributed by atoms with Gasteiger partial charge in [-0.25, -0.2) is 9.48 Å². The molecule has 0 unspecified atom stereocenters. The smallest absolute Gasteiger partial charge is 0.360 e. The van der Waals surface area contributed by atoms with Crippen molar-refractivity contribution in [2.45, 2.75) is 38.6 Å². The van der Waals surface area contributed by atoms with Crippen LogP contribution in [0.15, 0.2) is 0 Å². The predicted octanol–water partition coefficient (Wildman–Crippen LogP) is 0.333. The second-order valence-electron chi connectivity index (χ2n) is 4.49. The monoisotopic (exact) mass is 299 g/mol. The maximum atomic E-state index is 11.6. The minimum Gasteiger partial charge on any atom is -0.469 e. The number of carbonyl (C=O) groups excluding carboxylic acids is 2. The van der Waals surface area contributed by atoms with Crippen LogP contribution in [-0.4, -0.2) is 52.9 Å². The summed E-state index contributed by atoms with van der Waals surface area (Å²) in [7, 11) is 2.53. The lowest BCUT2D eigenvalue weighted by molar-refractivity contribution is -0.139. The van der Waals surface area contributed by atoms with Crippen molar-refractivity contribution >= 4 is 11.9 Å². The molecule has 1 aromatic rings. The first-order valence-electron chi connectivity index (χ1n) is 6.82. The highest BCUT2D eigenvalue weighted by Crippen LogP contribution is 2.11. The number of esters is 2. The van der Waals surface area contributed by atoms with Gasteiger partial charge in [-0.2, -0.15) is 0 Å². The average Bonchev–Trinajstić information content (AvgIpc) is 2.89. The third-order valence-electron chi connectivity index (χ3n) is 3.03. The minimum atomic E-state index is -0.625. The van der Waals surface area contributed by atoms with Crippen LogP contribution in [0.25, 0.3) is 0 Å². The van der Waals surface area contributed by atoms with Crippen molar-refractivity contribution < 1.29 is 24.2 Å². The summed E-state index contributed by atoms with van der Waals surface area (Å²) in [6.07, 6.45) is 3.34. The quantitative estimate of drug-likeness (QED) is 0.517. The highest BCUT2D eigenvalue weighted by molar-refractivity contribution is 5.89. The molecule has 0 saturated carbocycles. The van der Waals surface area contributed by atoms with Gasteiger partial charge in [-0.1, -0.05) is 18.1 Å². The number of aromatic nitrogens is 3. The van der Waals surface area contributed by atoms with Crippen molar-refractivity contribution in [2.75, 3.05) is 20.8 Å². The number of aliphatic hydroxyl groups excluding tert-OH is 1. The number of hydrogen-bond donors (Lipinski definition) is 1. The van der Waals surface area contributed by atoms with Gasteiger partial charge in [0.2, 0.25) is 0 Å². The summed E-state index contributed by atoms with van der Waals surface area (Å²) in [5, 5.41) is 16.4.